The quantitative estimate of drug-likeness (QED) is 0.928. The molecule has 1 aliphatic rings. The third-order valence-electron chi connectivity index (χ3n) is 3.85. The van der Waals surface area contributed by atoms with Gasteiger partial charge < -0.3 is 10.2 Å². The molecule has 1 N–H and O–H groups in total. The summed E-state index contributed by atoms with van der Waals surface area (Å²) in [4.78, 5) is 2.34. The lowest BCUT2D eigenvalue weighted by Gasteiger charge is -2.32. The Balaban J connectivity index is 2.07. The van der Waals surface area contributed by atoms with Gasteiger partial charge in [0.05, 0.1) is 17.2 Å². The summed E-state index contributed by atoms with van der Waals surface area (Å²) in [7, 11) is 0. The maximum atomic E-state index is 12.7. The van der Waals surface area contributed by atoms with E-state index >= 15 is 0 Å². The van der Waals surface area contributed by atoms with Gasteiger partial charge >= 0.3 is 6.18 Å². The second-order valence-corrected chi connectivity index (χ2v) is 5.22. The summed E-state index contributed by atoms with van der Waals surface area (Å²) in [5.74, 6) is 0. The topological polar surface area (TPSA) is 39.1 Å². The summed E-state index contributed by atoms with van der Waals surface area (Å²) < 4.78 is 38.2. The Morgan fingerprint density at radius 1 is 1.33 bits per heavy atom. The first-order chi connectivity index (χ1) is 9.94. The molecule has 0 radical (unpaired) electrons. The average molecular weight is 297 g/mol. The normalized spacial score (nSPS) is 17.5. The molecule has 2 rings (SSSR count). The first kappa shape index (κ1) is 15.6. The number of likely N-dealkylation sites (tertiary alicyclic amines) is 1. The molecule has 21 heavy (non-hydrogen) atoms. The van der Waals surface area contributed by atoms with Crippen LogP contribution in [0, 0.1) is 11.3 Å². The molecule has 0 aliphatic carbocycles. The minimum absolute atomic E-state index is 0.246. The van der Waals surface area contributed by atoms with Gasteiger partial charge in [-0.3, -0.25) is 0 Å². The fourth-order valence-corrected chi connectivity index (χ4v) is 2.60. The Hall–Kier alpha value is -1.74. The predicted molar refractivity (Wildman–Crippen MR) is 74.9 cm³/mol. The second kappa shape index (κ2) is 6.35. The van der Waals surface area contributed by atoms with Crippen LogP contribution < -0.4 is 5.32 Å². The lowest BCUT2D eigenvalue weighted by molar-refractivity contribution is -0.137. The average Bonchev–Trinajstić information content (AvgIpc) is 2.46. The molecule has 3 nitrogen and oxygen atoms in total. The highest BCUT2D eigenvalue weighted by atomic mass is 19.4. The van der Waals surface area contributed by atoms with Crippen molar-refractivity contribution in [1.29, 1.82) is 5.26 Å². The highest BCUT2D eigenvalue weighted by Crippen LogP contribution is 2.33. The van der Waals surface area contributed by atoms with Crippen LogP contribution in [-0.4, -0.2) is 30.6 Å². The van der Waals surface area contributed by atoms with Gasteiger partial charge in [0.1, 0.15) is 0 Å². The second-order valence-electron chi connectivity index (χ2n) is 5.22. The van der Waals surface area contributed by atoms with Gasteiger partial charge in [0.15, 0.2) is 0 Å². The van der Waals surface area contributed by atoms with Crippen LogP contribution in [0.1, 0.15) is 30.9 Å². The van der Waals surface area contributed by atoms with Gasteiger partial charge in [-0.15, -0.1) is 0 Å². The molecule has 1 fully saturated rings. The molecule has 0 unspecified atom stereocenters. The molecule has 0 bridgehead atoms. The molecule has 1 saturated heterocycles. The number of anilines is 1. The van der Waals surface area contributed by atoms with Crippen molar-refractivity contribution in [1.82, 2.24) is 4.90 Å². The fraction of sp³-hybridized carbons (Fsp3) is 0.533. The number of nitriles is 1. The van der Waals surface area contributed by atoms with Crippen LogP contribution in [-0.2, 0) is 6.18 Å². The molecule has 1 aromatic carbocycles. The lowest BCUT2D eigenvalue weighted by atomic mass is 10.0. The summed E-state index contributed by atoms with van der Waals surface area (Å²) in [5.41, 5.74) is -0.635. The summed E-state index contributed by atoms with van der Waals surface area (Å²) >= 11 is 0. The van der Waals surface area contributed by atoms with E-state index in [2.05, 4.69) is 17.1 Å². The van der Waals surface area contributed by atoms with Gasteiger partial charge in [0.2, 0.25) is 0 Å². The number of rotatable bonds is 3. The minimum atomic E-state index is -4.49. The van der Waals surface area contributed by atoms with Crippen LogP contribution in [0.25, 0.3) is 0 Å². The van der Waals surface area contributed by atoms with Crippen LogP contribution in [0.15, 0.2) is 18.2 Å². The number of benzene rings is 1. The zero-order valence-electron chi connectivity index (χ0n) is 11.9. The molecule has 0 saturated carbocycles. The van der Waals surface area contributed by atoms with Crippen LogP contribution in [0.5, 0.6) is 0 Å². The van der Waals surface area contributed by atoms with Gasteiger partial charge in [-0.1, -0.05) is 6.92 Å². The monoisotopic (exact) mass is 297 g/mol. The van der Waals surface area contributed by atoms with Crippen LogP contribution in [0.2, 0.25) is 0 Å². The van der Waals surface area contributed by atoms with Gasteiger partial charge in [-0.2, -0.15) is 18.4 Å². The first-order valence-corrected chi connectivity index (χ1v) is 7.04. The van der Waals surface area contributed by atoms with Crippen molar-refractivity contribution in [3.05, 3.63) is 29.3 Å². The Bertz CT molecular complexity index is 526. The molecule has 6 heteroatoms. The Labute approximate surface area is 122 Å². The van der Waals surface area contributed by atoms with Gasteiger partial charge in [-0.05, 0) is 37.6 Å². The molecular formula is C15H18F3N3. The van der Waals surface area contributed by atoms with Crippen LogP contribution >= 0.6 is 0 Å². The maximum Gasteiger partial charge on any atom is 0.417 e. The number of alkyl halides is 3. The zero-order valence-corrected chi connectivity index (χ0v) is 11.9. The highest BCUT2D eigenvalue weighted by Gasteiger charge is 2.33. The number of nitrogens with zero attached hydrogens (tertiary/aromatic N) is 2. The Morgan fingerprint density at radius 3 is 2.52 bits per heavy atom. The van der Waals surface area contributed by atoms with E-state index in [0.717, 1.165) is 38.5 Å². The van der Waals surface area contributed by atoms with Gasteiger partial charge in [-0.25, -0.2) is 0 Å². The summed E-state index contributed by atoms with van der Waals surface area (Å²) in [5, 5.41) is 12.1. The Kier molecular flexibility index (Phi) is 4.73. The molecule has 0 atom stereocenters. The molecule has 0 spiro atoms. The molecule has 1 heterocycles. The van der Waals surface area contributed by atoms with Crippen molar-refractivity contribution >= 4 is 5.69 Å². The number of hydrogen-bond acceptors (Lipinski definition) is 3. The highest BCUT2D eigenvalue weighted by molar-refractivity contribution is 5.54. The van der Waals surface area contributed by atoms with Gasteiger partial charge in [0, 0.05) is 24.8 Å². The Morgan fingerprint density at radius 2 is 2.00 bits per heavy atom. The van der Waals surface area contributed by atoms with Crippen molar-refractivity contribution in [3.63, 3.8) is 0 Å². The molecule has 0 aromatic heterocycles. The maximum absolute atomic E-state index is 12.7. The summed E-state index contributed by atoms with van der Waals surface area (Å²) in [6, 6.07) is 5.53. The zero-order chi connectivity index (χ0) is 15.5. The van der Waals surface area contributed by atoms with Crippen molar-refractivity contribution in [2.24, 2.45) is 0 Å². The van der Waals surface area contributed by atoms with E-state index in [0.29, 0.717) is 5.69 Å². The van der Waals surface area contributed by atoms with Crippen molar-refractivity contribution in [2.75, 3.05) is 25.0 Å². The van der Waals surface area contributed by atoms with E-state index in [4.69, 9.17) is 5.26 Å². The van der Waals surface area contributed by atoms with E-state index in [1.807, 2.05) is 0 Å². The van der Waals surface area contributed by atoms with E-state index in [1.54, 1.807) is 6.07 Å². The minimum Gasteiger partial charge on any atom is -0.382 e. The van der Waals surface area contributed by atoms with E-state index in [-0.39, 0.29) is 11.6 Å². The molecular weight excluding hydrogens is 279 g/mol. The van der Waals surface area contributed by atoms with Gasteiger partial charge in [0.25, 0.3) is 0 Å². The standard InChI is InChI=1S/C15H18F3N3/c1-2-21-7-5-12(6-8-21)20-13-3-4-14(15(16,17)18)11(9-13)10-19/h3-4,9,12,20H,2,5-8H2,1H3. The number of hydrogen-bond donors (Lipinski definition) is 1. The largest absolute Gasteiger partial charge is 0.417 e. The lowest BCUT2D eigenvalue weighted by Crippen LogP contribution is -2.38. The summed E-state index contributed by atoms with van der Waals surface area (Å²) in [6.07, 6.45) is -2.58. The molecule has 0 amide bonds. The SMILES string of the molecule is CCN1CCC(Nc2ccc(C(F)(F)F)c(C#N)c2)CC1. The van der Waals surface area contributed by atoms with E-state index < -0.39 is 11.7 Å². The van der Waals surface area contributed by atoms with Crippen molar-refractivity contribution < 1.29 is 13.2 Å². The van der Waals surface area contributed by atoms with E-state index in [1.165, 1.54) is 12.1 Å². The molecule has 114 valence electrons. The number of halogens is 3. The summed E-state index contributed by atoms with van der Waals surface area (Å²) in [6.45, 7) is 5.11. The van der Waals surface area contributed by atoms with Crippen LogP contribution in [0.4, 0.5) is 18.9 Å². The third kappa shape index (κ3) is 3.88. The predicted octanol–water partition coefficient (Wildman–Crippen LogP) is 3.47. The number of nitrogens with one attached hydrogen (secondary N) is 1. The fourth-order valence-electron chi connectivity index (χ4n) is 2.60. The van der Waals surface area contributed by atoms with Crippen molar-refractivity contribution in [2.45, 2.75) is 32.0 Å². The van der Waals surface area contributed by atoms with Crippen LogP contribution in [0.3, 0.4) is 0 Å². The third-order valence-corrected chi connectivity index (χ3v) is 3.85. The van der Waals surface area contributed by atoms with Crippen molar-refractivity contribution in [3.8, 4) is 6.07 Å². The number of piperidine rings is 1. The first-order valence-electron chi connectivity index (χ1n) is 7.04. The smallest absolute Gasteiger partial charge is 0.382 e. The molecule has 1 aliphatic heterocycles. The molecule has 1 aromatic rings. The van der Waals surface area contributed by atoms with E-state index in [9.17, 15) is 13.2 Å².